The SMILES string of the molecule is CC1CCCCC1OCCN1CCN(S(=O)(=O)c2cccc([N+](=O)[O-])c2)CC1. The van der Waals surface area contributed by atoms with Crippen LogP contribution in [0.1, 0.15) is 32.6 Å². The average Bonchev–Trinajstić information content (AvgIpc) is 2.70. The van der Waals surface area contributed by atoms with Crippen LogP contribution in [0.5, 0.6) is 0 Å². The Morgan fingerprint density at radius 3 is 2.57 bits per heavy atom. The average molecular weight is 412 g/mol. The highest BCUT2D eigenvalue weighted by Gasteiger charge is 2.29. The number of benzene rings is 1. The van der Waals surface area contributed by atoms with Gasteiger partial charge in [0.05, 0.1) is 22.5 Å². The summed E-state index contributed by atoms with van der Waals surface area (Å²) < 4.78 is 33.0. The fraction of sp³-hybridized carbons (Fsp3) is 0.684. The highest BCUT2D eigenvalue weighted by atomic mass is 32.2. The van der Waals surface area contributed by atoms with Crippen molar-refractivity contribution in [2.24, 2.45) is 5.92 Å². The maximum Gasteiger partial charge on any atom is 0.270 e. The predicted octanol–water partition coefficient (Wildman–Crippen LogP) is 2.50. The van der Waals surface area contributed by atoms with Gasteiger partial charge < -0.3 is 4.74 Å². The molecule has 156 valence electrons. The molecule has 0 N–H and O–H groups in total. The highest BCUT2D eigenvalue weighted by Crippen LogP contribution is 2.26. The molecule has 0 radical (unpaired) electrons. The van der Waals surface area contributed by atoms with Gasteiger partial charge in [0.1, 0.15) is 0 Å². The molecule has 2 fully saturated rings. The molecule has 1 aromatic carbocycles. The highest BCUT2D eigenvalue weighted by molar-refractivity contribution is 7.89. The summed E-state index contributed by atoms with van der Waals surface area (Å²) in [5.41, 5.74) is -0.214. The van der Waals surface area contributed by atoms with E-state index in [1.54, 1.807) is 0 Å². The zero-order valence-electron chi connectivity index (χ0n) is 16.3. The first-order valence-corrected chi connectivity index (χ1v) is 11.4. The molecule has 28 heavy (non-hydrogen) atoms. The minimum absolute atomic E-state index is 0.0234. The van der Waals surface area contributed by atoms with Crippen molar-refractivity contribution >= 4 is 15.7 Å². The van der Waals surface area contributed by atoms with Gasteiger partial charge in [-0.25, -0.2) is 8.42 Å². The Labute approximate surface area is 166 Å². The maximum atomic E-state index is 12.8. The summed E-state index contributed by atoms with van der Waals surface area (Å²) in [6.45, 7) is 5.76. The van der Waals surface area contributed by atoms with Gasteiger partial charge >= 0.3 is 0 Å². The fourth-order valence-electron chi connectivity index (χ4n) is 3.96. The molecule has 0 aromatic heterocycles. The summed E-state index contributed by atoms with van der Waals surface area (Å²) in [5.74, 6) is 0.616. The van der Waals surface area contributed by atoms with Gasteiger partial charge in [0.25, 0.3) is 5.69 Å². The van der Waals surface area contributed by atoms with Crippen LogP contribution in [0.3, 0.4) is 0 Å². The molecule has 0 amide bonds. The minimum atomic E-state index is -3.72. The number of sulfonamides is 1. The van der Waals surface area contributed by atoms with Crippen molar-refractivity contribution in [3.8, 4) is 0 Å². The summed E-state index contributed by atoms with van der Waals surface area (Å²) in [7, 11) is -3.72. The lowest BCUT2D eigenvalue weighted by atomic mass is 9.88. The van der Waals surface area contributed by atoms with E-state index in [4.69, 9.17) is 4.74 Å². The molecule has 3 rings (SSSR count). The number of hydrogen-bond donors (Lipinski definition) is 0. The largest absolute Gasteiger partial charge is 0.377 e. The van der Waals surface area contributed by atoms with Crippen LogP contribution in [0.4, 0.5) is 5.69 Å². The Hall–Kier alpha value is -1.55. The van der Waals surface area contributed by atoms with Crippen molar-refractivity contribution in [2.45, 2.75) is 43.6 Å². The summed E-state index contributed by atoms with van der Waals surface area (Å²) >= 11 is 0. The molecule has 1 heterocycles. The van der Waals surface area contributed by atoms with Gasteiger partial charge in [-0.3, -0.25) is 15.0 Å². The second-order valence-corrected chi connectivity index (χ2v) is 9.61. The lowest BCUT2D eigenvalue weighted by Gasteiger charge is -2.35. The first-order chi connectivity index (χ1) is 13.4. The smallest absolute Gasteiger partial charge is 0.270 e. The third-order valence-electron chi connectivity index (χ3n) is 5.77. The van der Waals surface area contributed by atoms with Crippen LogP contribution < -0.4 is 0 Å². The Balaban J connectivity index is 1.49. The van der Waals surface area contributed by atoms with Gasteiger partial charge in [-0.05, 0) is 24.8 Å². The van der Waals surface area contributed by atoms with Crippen molar-refractivity contribution in [3.63, 3.8) is 0 Å². The van der Waals surface area contributed by atoms with Crippen LogP contribution in [-0.2, 0) is 14.8 Å². The van der Waals surface area contributed by atoms with Crippen LogP contribution >= 0.6 is 0 Å². The Morgan fingerprint density at radius 1 is 1.18 bits per heavy atom. The van der Waals surface area contributed by atoms with Gasteiger partial charge in [0.15, 0.2) is 0 Å². The van der Waals surface area contributed by atoms with Crippen molar-refractivity contribution < 1.29 is 18.1 Å². The molecule has 8 nitrogen and oxygen atoms in total. The molecular formula is C19H29N3O5S. The molecule has 1 aromatic rings. The molecule has 1 saturated heterocycles. The van der Waals surface area contributed by atoms with Crippen LogP contribution in [0, 0.1) is 16.0 Å². The first-order valence-electron chi connectivity index (χ1n) is 9.96. The van der Waals surface area contributed by atoms with Crippen molar-refractivity contribution in [2.75, 3.05) is 39.3 Å². The first kappa shape index (κ1) is 21.2. The number of nitro benzene ring substituents is 1. The Kier molecular flexibility index (Phi) is 7.03. The number of piperazine rings is 1. The zero-order chi connectivity index (χ0) is 20.1. The number of hydrogen-bond acceptors (Lipinski definition) is 6. The topological polar surface area (TPSA) is 93.0 Å². The number of ether oxygens (including phenoxy) is 1. The predicted molar refractivity (Wildman–Crippen MR) is 106 cm³/mol. The van der Waals surface area contributed by atoms with E-state index in [-0.39, 0.29) is 10.6 Å². The van der Waals surface area contributed by atoms with Gasteiger partial charge in [-0.2, -0.15) is 4.31 Å². The van der Waals surface area contributed by atoms with Crippen LogP contribution in [0.15, 0.2) is 29.2 Å². The normalized spacial score (nSPS) is 24.9. The van der Waals surface area contributed by atoms with E-state index in [9.17, 15) is 18.5 Å². The van der Waals surface area contributed by atoms with Crippen molar-refractivity contribution in [1.29, 1.82) is 0 Å². The minimum Gasteiger partial charge on any atom is -0.377 e. The number of nitrogens with zero attached hydrogens (tertiary/aromatic N) is 3. The molecular weight excluding hydrogens is 382 g/mol. The second-order valence-electron chi connectivity index (χ2n) is 7.67. The van der Waals surface area contributed by atoms with Gasteiger partial charge in [-0.15, -0.1) is 0 Å². The zero-order valence-corrected chi connectivity index (χ0v) is 17.1. The fourth-order valence-corrected chi connectivity index (χ4v) is 5.43. The lowest BCUT2D eigenvalue weighted by Crippen LogP contribution is -2.49. The molecule has 1 aliphatic heterocycles. The van der Waals surface area contributed by atoms with Crippen LogP contribution in [-0.4, -0.2) is 68.0 Å². The van der Waals surface area contributed by atoms with E-state index in [0.29, 0.717) is 44.8 Å². The van der Waals surface area contributed by atoms with Gasteiger partial charge in [-0.1, -0.05) is 25.8 Å². The third-order valence-corrected chi connectivity index (χ3v) is 7.66. The molecule has 1 saturated carbocycles. The van der Waals surface area contributed by atoms with E-state index in [0.717, 1.165) is 19.0 Å². The number of rotatable bonds is 7. The second kappa shape index (κ2) is 9.30. The molecule has 1 aliphatic carbocycles. The monoisotopic (exact) mass is 411 g/mol. The Morgan fingerprint density at radius 2 is 1.89 bits per heavy atom. The number of non-ortho nitro benzene ring substituents is 1. The Bertz CT molecular complexity index is 778. The summed E-state index contributed by atoms with van der Waals surface area (Å²) in [6, 6.07) is 5.24. The van der Waals surface area contributed by atoms with Crippen LogP contribution in [0.2, 0.25) is 0 Å². The standard InChI is InChI=1S/C19H29N3O5S/c1-16-5-2-3-8-19(16)27-14-13-20-9-11-21(12-10-20)28(25,26)18-7-4-6-17(15-18)22(23)24/h4,6-7,15-16,19H,2-3,5,8-14H2,1H3. The molecule has 0 bridgehead atoms. The van der Waals surface area contributed by atoms with E-state index < -0.39 is 14.9 Å². The molecule has 2 unspecified atom stereocenters. The van der Waals surface area contributed by atoms with Gasteiger partial charge in [0.2, 0.25) is 10.0 Å². The number of nitro groups is 1. The van der Waals surface area contributed by atoms with Crippen molar-refractivity contribution in [1.82, 2.24) is 9.21 Å². The lowest BCUT2D eigenvalue weighted by molar-refractivity contribution is -0.385. The quantitative estimate of drug-likeness (QED) is 0.506. The van der Waals surface area contributed by atoms with Crippen LogP contribution in [0.25, 0.3) is 0 Å². The summed E-state index contributed by atoms with van der Waals surface area (Å²) in [6.07, 6.45) is 5.25. The molecule has 0 spiro atoms. The molecule has 2 atom stereocenters. The maximum absolute atomic E-state index is 12.8. The summed E-state index contributed by atoms with van der Waals surface area (Å²) in [5, 5.41) is 10.9. The third kappa shape index (κ3) is 5.08. The van der Waals surface area contributed by atoms with Crippen molar-refractivity contribution in [3.05, 3.63) is 34.4 Å². The van der Waals surface area contributed by atoms with E-state index in [1.165, 1.54) is 41.8 Å². The summed E-state index contributed by atoms with van der Waals surface area (Å²) in [4.78, 5) is 12.5. The van der Waals surface area contributed by atoms with Gasteiger partial charge in [0, 0.05) is 44.9 Å². The van der Waals surface area contributed by atoms with E-state index >= 15 is 0 Å². The molecule has 9 heteroatoms. The van der Waals surface area contributed by atoms with E-state index in [1.807, 2.05) is 0 Å². The molecule has 2 aliphatic rings. The van der Waals surface area contributed by atoms with E-state index in [2.05, 4.69) is 11.8 Å².